The van der Waals surface area contributed by atoms with Crippen LogP contribution in [-0.2, 0) is 6.18 Å². The van der Waals surface area contributed by atoms with Crippen molar-refractivity contribution < 1.29 is 44.6 Å². The summed E-state index contributed by atoms with van der Waals surface area (Å²) >= 11 is 1.53. The van der Waals surface area contributed by atoms with Gasteiger partial charge in [0.05, 0.1) is 0 Å². The molecule has 3 rings (SSSR count). The fourth-order valence-electron chi connectivity index (χ4n) is 3.09. The number of phenolic OH excluding ortho intramolecular Hbond substituents is 1. The van der Waals surface area contributed by atoms with Gasteiger partial charge in [-0.2, -0.15) is 0 Å². The number of rotatable bonds is 6. The molecule has 0 bridgehead atoms. The fourth-order valence-corrected chi connectivity index (χ4v) is 5.23. The Morgan fingerprint density at radius 2 is 1.94 bits per heavy atom. The summed E-state index contributed by atoms with van der Waals surface area (Å²) in [6.07, 6.45) is 2.10. The number of benzene rings is 2. The number of phenols is 1. The van der Waals surface area contributed by atoms with E-state index in [9.17, 15) is 23.1 Å². The zero-order valence-corrected chi connectivity index (χ0v) is 23.5. The molecule has 0 atom stereocenters. The fraction of sp³-hybridized carbons (Fsp3) is 0.200. The van der Waals surface area contributed by atoms with Crippen LogP contribution >= 0.6 is 22.6 Å². The summed E-state index contributed by atoms with van der Waals surface area (Å²) in [5, 5.41) is 18.7. The van der Waals surface area contributed by atoms with E-state index in [1.165, 1.54) is 12.1 Å². The van der Waals surface area contributed by atoms with Crippen molar-refractivity contribution in [1.29, 1.82) is 0 Å². The molecule has 2 aromatic carbocycles. The van der Waals surface area contributed by atoms with Crippen LogP contribution in [0.1, 0.15) is 24.5 Å². The first-order valence-corrected chi connectivity index (χ1v) is 13.9. The summed E-state index contributed by atoms with van der Waals surface area (Å²) in [6.45, 7) is 2.63. The molecule has 0 radical (unpaired) electrons. The van der Waals surface area contributed by atoms with Gasteiger partial charge in [0.25, 0.3) is 0 Å². The molecule has 11 heteroatoms. The van der Waals surface area contributed by atoms with Gasteiger partial charge >= 0.3 is 233 Å². The SMILES string of the molecule is CC1=C(/I)CC=C(c2ccccc2O)/C=C(/NCCNC(=O)Nc2cccc(C(F)(F)F)c2)[I-]/N=C\1. The Morgan fingerprint density at radius 3 is 2.69 bits per heavy atom. The number of urea groups is 1. The van der Waals surface area contributed by atoms with Crippen LogP contribution in [0.2, 0.25) is 0 Å². The van der Waals surface area contributed by atoms with E-state index >= 15 is 0 Å². The van der Waals surface area contributed by atoms with Crippen molar-refractivity contribution in [2.45, 2.75) is 19.5 Å². The van der Waals surface area contributed by atoms with Crippen LogP contribution in [0, 0.1) is 0 Å². The quantitative estimate of drug-likeness (QED) is 0.210. The van der Waals surface area contributed by atoms with Crippen LogP contribution in [0.3, 0.4) is 0 Å². The first kappa shape index (κ1) is 28.0. The molecule has 36 heavy (non-hydrogen) atoms. The number of amides is 2. The zero-order chi connectivity index (χ0) is 26.1. The number of allylic oxidation sites excluding steroid dienone is 5. The molecule has 2 amide bonds. The van der Waals surface area contributed by atoms with Crippen molar-refractivity contribution in [1.82, 2.24) is 10.6 Å². The Hall–Kier alpha value is -2.55. The Kier molecular flexibility index (Phi) is 10.2. The van der Waals surface area contributed by atoms with Gasteiger partial charge in [0, 0.05) is 0 Å². The standard InChI is InChI=1S/C25H24F3I2N4O2/c1-16-15-33-30-23(13-17(9-10-21(16)29)20-7-2-3-8-22(20)35)31-11-12-32-24(36)34-19-6-4-5-18(14-19)25(26,27)28/h2-9,13-15,31,35H,10-12H2,1H3,(H2,32,34,36)/q-1/b17-9?,21-16-,23-13+,33-15-. The Labute approximate surface area is 231 Å². The van der Waals surface area contributed by atoms with E-state index in [0.29, 0.717) is 18.5 Å². The molecule has 0 spiro atoms. The summed E-state index contributed by atoms with van der Waals surface area (Å²) in [7, 11) is 0. The third-order valence-electron chi connectivity index (χ3n) is 4.96. The van der Waals surface area contributed by atoms with Gasteiger partial charge in [0.1, 0.15) is 0 Å². The minimum atomic E-state index is -4.48. The van der Waals surface area contributed by atoms with E-state index in [1.807, 2.05) is 31.3 Å². The molecular formula is C25H24F3I2N4O2-. The van der Waals surface area contributed by atoms with Crippen LogP contribution in [0.5, 0.6) is 5.75 Å². The summed E-state index contributed by atoms with van der Waals surface area (Å²) in [5.41, 5.74) is 1.89. The second-order valence-electron chi connectivity index (χ2n) is 7.66. The first-order valence-electron chi connectivity index (χ1n) is 10.8. The second-order valence-corrected chi connectivity index (χ2v) is 11.2. The number of nitrogens with zero attached hydrogens (tertiary/aromatic N) is 1. The van der Waals surface area contributed by atoms with Gasteiger partial charge in [0.15, 0.2) is 0 Å². The van der Waals surface area contributed by atoms with Gasteiger partial charge < -0.3 is 0 Å². The molecule has 0 aliphatic carbocycles. The van der Waals surface area contributed by atoms with Gasteiger partial charge in [-0.1, -0.05) is 0 Å². The number of para-hydroxylation sites is 1. The molecule has 6 nitrogen and oxygen atoms in total. The molecule has 1 aliphatic heterocycles. The van der Waals surface area contributed by atoms with E-state index in [0.717, 1.165) is 30.6 Å². The summed E-state index contributed by atoms with van der Waals surface area (Å²) in [4.78, 5) is 12.1. The molecule has 1 heterocycles. The predicted octanol–water partition coefficient (Wildman–Crippen LogP) is 3.23. The third kappa shape index (κ3) is 8.54. The average molecular weight is 723 g/mol. The van der Waals surface area contributed by atoms with Crippen molar-refractivity contribution >= 4 is 46.1 Å². The monoisotopic (exact) mass is 723 g/mol. The third-order valence-corrected chi connectivity index (χ3v) is 8.02. The predicted molar refractivity (Wildman–Crippen MR) is 140 cm³/mol. The molecule has 4 N–H and O–H groups in total. The van der Waals surface area contributed by atoms with Crippen LogP contribution in [0.4, 0.5) is 23.7 Å². The van der Waals surface area contributed by atoms with Crippen LogP contribution < -0.4 is 37.4 Å². The maximum atomic E-state index is 12.9. The number of nitrogens with one attached hydrogen (secondary N) is 3. The number of alkyl halides is 3. The Bertz CT molecular complexity index is 1220. The Morgan fingerprint density at radius 1 is 1.17 bits per heavy atom. The van der Waals surface area contributed by atoms with E-state index in [2.05, 4.69) is 47.8 Å². The topological polar surface area (TPSA) is 85.8 Å². The number of carbonyl (C=O) groups excluding carboxylic acids is 1. The average Bonchev–Trinajstić information content (AvgIpc) is 2.83. The van der Waals surface area contributed by atoms with E-state index in [1.54, 1.807) is 12.1 Å². The van der Waals surface area contributed by atoms with Crippen LogP contribution in [-0.4, -0.2) is 30.4 Å². The first-order chi connectivity index (χ1) is 17.1. The van der Waals surface area contributed by atoms with Gasteiger partial charge in [-0.25, -0.2) is 0 Å². The number of aromatic hydroxyl groups is 1. The van der Waals surface area contributed by atoms with E-state index in [-0.39, 0.29) is 18.0 Å². The van der Waals surface area contributed by atoms with E-state index < -0.39 is 39.2 Å². The molecule has 0 aromatic heterocycles. The van der Waals surface area contributed by atoms with Crippen molar-refractivity contribution in [3.05, 3.63) is 84.7 Å². The van der Waals surface area contributed by atoms with Crippen molar-refractivity contribution in [3.63, 3.8) is 0 Å². The van der Waals surface area contributed by atoms with Gasteiger partial charge in [-0.3, -0.25) is 0 Å². The number of hydrogen-bond donors (Lipinski definition) is 4. The van der Waals surface area contributed by atoms with Crippen LogP contribution in [0.25, 0.3) is 5.57 Å². The molecule has 1 aliphatic rings. The molecule has 0 unspecified atom stereocenters. The zero-order valence-electron chi connectivity index (χ0n) is 19.2. The minimum absolute atomic E-state index is 0.0565. The van der Waals surface area contributed by atoms with Gasteiger partial charge in [0.2, 0.25) is 0 Å². The molecular weight excluding hydrogens is 699 g/mol. The Balaban J connectivity index is 1.63. The maximum absolute atomic E-state index is 12.9. The number of anilines is 1. The normalized spacial score (nSPS) is 19.1. The van der Waals surface area contributed by atoms with Crippen molar-refractivity contribution in [3.8, 4) is 5.75 Å². The summed E-state index contributed by atoms with van der Waals surface area (Å²) < 4.78 is 45.2. The molecule has 0 saturated heterocycles. The molecule has 2 aromatic rings. The van der Waals surface area contributed by atoms with Crippen molar-refractivity contribution in [2.75, 3.05) is 18.4 Å². The van der Waals surface area contributed by atoms with Crippen LogP contribution in [0.15, 0.2) is 76.7 Å². The van der Waals surface area contributed by atoms with Crippen molar-refractivity contribution in [2.24, 2.45) is 3.21 Å². The molecule has 192 valence electrons. The summed E-state index contributed by atoms with van der Waals surface area (Å²) in [5.74, 6) is 0.182. The summed E-state index contributed by atoms with van der Waals surface area (Å²) in [6, 6.07) is 11.0. The number of carbonyl (C=O) groups is 1. The number of hydrogen-bond acceptors (Lipinski definition) is 4. The second kappa shape index (κ2) is 13.1. The van der Waals surface area contributed by atoms with E-state index in [4.69, 9.17) is 0 Å². The van der Waals surface area contributed by atoms with Gasteiger partial charge in [-0.05, 0) is 0 Å². The number of halogens is 5. The van der Waals surface area contributed by atoms with Gasteiger partial charge in [-0.15, -0.1) is 0 Å². The molecule has 0 fully saturated rings. The molecule has 0 saturated carbocycles.